The molecular formula is C23H23N3O4. The Hall–Kier alpha value is -3.35. The summed E-state index contributed by atoms with van der Waals surface area (Å²) in [5, 5.41) is 0.930. The molecule has 2 fully saturated rings. The highest BCUT2D eigenvalue weighted by atomic mass is 16.5. The molecule has 5 rings (SSSR count). The molecule has 0 radical (unpaired) electrons. The number of carbonyl (C=O) groups is 2. The molecule has 1 N–H and O–H groups in total. The number of ketones is 1. The van der Waals surface area contributed by atoms with Crippen molar-refractivity contribution >= 4 is 28.5 Å². The second-order valence-corrected chi connectivity index (χ2v) is 8.24. The van der Waals surface area contributed by atoms with Gasteiger partial charge in [-0.1, -0.05) is 0 Å². The number of Topliss-reactive ketones (excluding diaryl/α,β-unsaturated/α-hetero) is 1. The summed E-state index contributed by atoms with van der Waals surface area (Å²) in [6.45, 7) is 1.78. The lowest BCUT2D eigenvalue weighted by molar-refractivity contribution is -0.133. The van der Waals surface area contributed by atoms with E-state index in [0.717, 1.165) is 55.5 Å². The largest absolute Gasteiger partial charge is 0.465 e. The number of nitrogens with one attached hydrogen (secondary N) is 1. The summed E-state index contributed by atoms with van der Waals surface area (Å²) >= 11 is 0. The number of nitrogens with zero attached hydrogens (tertiary/aromatic N) is 2. The van der Waals surface area contributed by atoms with Crippen molar-refractivity contribution in [3.05, 3.63) is 48.3 Å². The van der Waals surface area contributed by atoms with Gasteiger partial charge < -0.3 is 19.4 Å². The number of anilines is 1. The van der Waals surface area contributed by atoms with E-state index in [1.54, 1.807) is 12.3 Å². The van der Waals surface area contributed by atoms with Gasteiger partial charge in [-0.25, -0.2) is 9.78 Å². The number of fused-ring (bicyclic) bond motifs is 1. The fourth-order valence-corrected chi connectivity index (χ4v) is 4.55. The smallest absolute Gasteiger partial charge is 0.341 e. The van der Waals surface area contributed by atoms with E-state index in [1.165, 1.54) is 7.11 Å². The monoisotopic (exact) mass is 405 g/mol. The first-order valence-corrected chi connectivity index (χ1v) is 10.2. The standard InChI is InChI=1S/C23H23N3O4/c1-29-22(28)19-3-2-16(26-8-5-23(6-9-26)12-17(27)13-23)11-20(19)30-18-10-15-4-7-24-21(15)25-14-18/h2-4,7,10-11,14H,5-6,8-9,12-13H2,1H3,(H,24,25). The first kappa shape index (κ1) is 18.7. The van der Waals surface area contributed by atoms with Crippen molar-refractivity contribution in [2.75, 3.05) is 25.1 Å². The Morgan fingerprint density at radius 2 is 1.97 bits per heavy atom. The number of esters is 1. The van der Waals surface area contributed by atoms with Crippen LogP contribution in [0.5, 0.6) is 11.5 Å². The van der Waals surface area contributed by atoms with Crippen LogP contribution in [-0.2, 0) is 9.53 Å². The third-order valence-corrected chi connectivity index (χ3v) is 6.31. The molecule has 1 saturated carbocycles. The molecular weight excluding hydrogens is 382 g/mol. The van der Waals surface area contributed by atoms with Crippen LogP contribution in [0.1, 0.15) is 36.0 Å². The molecule has 0 unspecified atom stereocenters. The molecule has 0 amide bonds. The molecule has 0 atom stereocenters. The SMILES string of the molecule is COC(=O)c1ccc(N2CCC3(CC2)CC(=O)C3)cc1Oc1cnc2[nH]ccc2c1. The van der Waals surface area contributed by atoms with Gasteiger partial charge in [-0.05, 0) is 42.5 Å². The predicted molar refractivity (Wildman–Crippen MR) is 112 cm³/mol. The van der Waals surface area contributed by atoms with E-state index in [0.29, 0.717) is 22.8 Å². The van der Waals surface area contributed by atoms with Crippen molar-refractivity contribution in [3.63, 3.8) is 0 Å². The number of aromatic amines is 1. The molecule has 1 aromatic carbocycles. The molecule has 154 valence electrons. The fraction of sp³-hybridized carbons (Fsp3) is 0.348. The first-order valence-electron chi connectivity index (χ1n) is 10.2. The van der Waals surface area contributed by atoms with Crippen molar-refractivity contribution in [1.82, 2.24) is 9.97 Å². The lowest BCUT2D eigenvalue weighted by Gasteiger charge is -2.47. The van der Waals surface area contributed by atoms with Crippen molar-refractivity contribution in [2.45, 2.75) is 25.7 Å². The van der Waals surface area contributed by atoms with Gasteiger partial charge in [-0.2, -0.15) is 0 Å². The lowest BCUT2D eigenvalue weighted by Crippen LogP contribution is -2.47. The van der Waals surface area contributed by atoms with Gasteiger partial charge in [0.1, 0.15) is 28.5 Å². The quantitative estimate of drug-likeness (QED) is 0.658. The molecule has 7 heteroatoms. The van der Waals surface area contributed by atoms with Crippen LogP contribution in [0.3, 0.4) is 0 Å². The Kier molecular flexibility index (Phi) is 4.46. The summed E-state index contributed by atoms with van der Waals surface area (Å²) in [7, 11) is 1.36. The van der Waals surface area contributed by atoms with E-state index in [9.17, 15) is 9.59 Å². The van der Waals surface area contributed by atoms with Crippen LogP contribution in [0.15, 0.2) is 42.7 Å². The number of H-pyrrole nitrogens is 1. The molecule has 1 saturated heterocycles. The summed E-state index contributed by atoms with van der Waals surface area (Å²) in [5.41, 5.74) is 2.36. The van der Waals surface area contributed by atoms with Gasteiger partial charge in [0.05, 0.1) is 13.3 Å². The third-order valence-electron chi connectivity index (χ3n) is 6.31. The summed E-state index contributed by atoms with van der Waals surface area (Å²) in [6.07, 6.45) is 6.94. The topological polar surface area (TPSA) is 84.5 Å². The Labute approximate surface area is 174 Å². The molecule has 1 aliphatic carbocycles. The summed E-state index contributed by atoms with van der Waals surface area (Å²) < 4.78 is 11.0. The third kappa shape index (κ3) is 3.30. The first-order chi connectivity index (χ1) is 14.5. The summed E-state index contributed by atoms with van der Waals surface area (Å²) in [4.78, 5) is 33.4. The number of pyridine rings is 1. The highest BCUT2D eigenvalue weighted by molar-refractivity contribution is 5.93. The van der Waals surface area contributed by atoms with E-state index in [4.69, 9.17) is 9.47 Å². The van der Waals surface area contributed by atoms with Crippen LogP contribution in [0.25, 0.3) is 11.0 Å². The molecule has 3 heterocycles. The van der Waals surface area contributed by atoms with Gasteiger partial charge in [-0.3, -0.25) is 4.79 Å². The number of methoxy groups -OCH3 is 1. The molecule has 1 aliphatic heterocycles. The Bertz CT molecular complexity index is 1120. The average molecular weight is 405 g/mol. The number of piperidine rings is 1. The highest BCUT2D eigenvalue weighted by Crippen LogP contribution is 2.47. The minimum atomic E-state index is -0.446. The number of ether oxygens (including phenoxy) is 2. The maximum absolute atomic E-state index is 12.3. The Morgan fingerprint density at radius 3 is 2.70 bits per heavy atom. The van der Waals surface area contributed by atoms with E-state index in [-0.39, 0.29) is 5.41 Å². The minimum Gasteiger partial charge on any atom is -0.465 e. The van der Waals surface area contributed by atoms with Crippen molar-refractivity contribution in [1.29, 1.82) is 0 Å². The van der Waals surface area contributed by atoms with E-state index in [1.807, 2.05) is 30.5 Å². The highest BCUT2D eigenvalue weighted by Gasteiger charge is 2.45. The number of hydrogen-bond donors (Lipinski definition) is 1. The Balaban J connectivity index is 1.41. The van der Waals surface area contributed by atoms with Gasteiger partial charge in [0.2, 0.25) is 0 Å². The summed E-state index contributed by atoms with van der Waals surface area (Å²) in [6, 6.07) is 9.36. The van der Waals surface area contributed by atoms with Gasteiger partial charge in [0.25, 0.3) is 0 Å². The van der Waals surface area contributed by atoms with Gasteiger partial charge in [0, 0.05) is 49.3 Å². The molecule has 3 aromatic rings. The normalized spacial score (nSPS) is 17.8. The molecule has 1 spiro atoms. The zero-order valence-electron chi connectivity index (χ0n) is 16.8. The molecule has 0 bridgehead atoms. The van der Waals surface area contributed by atoms with Crippen LogP contribution in [0.2, 0.25) is 0 Å². The molecule has 2 aromatic heterocycles. The Morgan fingerprint density at radius 1 is 1.17 bits per heavy atom. The molecule has 7 nitrogen and oxygen atoms in total. The van der Waals surface area contributed by atoms with Crippen LogP contribution in [-0.4, -0.2) is 41.9 Å². The van der Waals surface area contributed by atoms with Crippen LogP contribution in [0.4, 0.5) is 5.69 Å². The minimum absolute atomic E-state index is 0.219. The predicted octanol–water partition coefficient (Wildman–Crippen LogP) is 4.09. The van der Waals surface area contributed by atoms with Crippen molar-refractivity contribution in [2.24, 2.45) is 5.41 Å². The van der Waals surface area contributed by atoms with Crippen molar-refractivity contribution in [3.8, 4) is 11.5 Å². The maximum Gasteiger partial charge on any atom is 0.341 e. The van der Waals surface area contributed by atoms with E-state index < -0.39 is 5.97 Å². The number of rotatable bonds is 4. The zero-order chi connectivity index (χ0) is 20.7. The summed E-state index contributed by atoms with van der Waals surface area (Å²) in [5.74, 6) is 0.928. The van der Waals surface area contributed by atoms with Crippen LogP contribution < -0.4 is 9.64 Å². The van der Waals surface area contributed by atoms with Crippen LogP contribution in [0, 0.1) is 5.41 Å². The maximum atomic E-state index is 12.3. The molecule has 30 heavy (non-hydrogen) atoms. The second-order valence-electron chi connectivity index (χ2n) is 8.24. The number of benzene rings is 1. The van der Waals surface area contributed by atoms with Crippen molar-refractivity contribution < 1.29 is 19.1 Å². The second kappa shape index (κ2) is 7.16. The molecule has 2 aliphatic rings. The number of hydrogen-bond acceptors (Lipinski definition) is 6. The fourth-order valence-electron chi connectivity index (χ4n) is 4.55. The number of carbonyl (C=O) groups excluding carboxylic acids is 2. The van der Waals surface area contributed by atoms with Crippen LogP contribution >= 0.6 is 0 Å². The van der Waals surface area contributed by atoms with E-state index >= 15 is 0 Å². The van der Waals surface area contributed by atoms with Gasteiger partial charge in [0.15, 0.2) is 0 Å². The lowest BCUT2D eigenvalue weighted by atomic mass is 9.62. The van der Waals surface area contributed by atoms with Gasteiger partial charge in [-0.15, -0.1) is 0 Å². The zero-order valence-corrected chi connectivity index (χ0v) is 16.8. The van der Waals surface area contributed by atoms with Gasteiger partial charge >= 0.3 is 5.97 Å². The average Bonchev–Trinajstić information content (AvgIpc) is 3.21. The van der Waals surface area contributed by atoms with E-state index in [2.05, 4.69) is 14.9 Å². The number of aromatic nitrogens is 2.